The zero-order valence-corrected chi connectivity index (χ0v) is 12.1. The molecular formula is C15H20FN3O2. The Morgan fingerprint density at radius 2 is 1.86 bits per heavy atom. The monoisotopic (exact) mass is 293 g/mol. The van der Waals surface area contributed by atoms with Crippen LogP contribution in [0.25, 0.3) is 0 Å². The fraction of sp³-hybridized carbons (Fsp3) is 0.467. The summed E-state index contributed by atoms with van der Waals surface area (Å²) in [4.78, 5) is 27.5. The van der Waals surface area contributed by atoms with Crippen LogP contribution in [0, 0.1) is 5.82 Å². The third kappa shape index (κ3) is 4.01. The average Bonchev–Trinajstić information content (AvgIpc) is 2.46. The van der Waals surface area contributed by atoms with Gasteiger partial charge in [-0.3, -0.25) is 9.59 Å². The van der Waals surface area contributed by atoms with Gasteiger partial charge < -0.3 is 15.5 Å². The Labute approximate surface area is 123 Å². The molecular weight excluding hydrogens is 273 g/mol. The van der Waals surface area contributed by atoms with Crippen molar-refractivity contribution in [1.29, 1.82) is 0 Å². The lowest BCUT2D eigenvalue weighted by Gasteiger charge is -2.35. The number of hydrogen-bond acceptors (Lipinski definition) is 3. The van der Waals surface area contributed by atoms with Gasteiger partial charge in [-0.05, 0) is 25.1 Å². The molecule has 1 aromatic carbocycles. The number of piperazine rings is 1. The predicted octanol–water partition coefficient (Wildman–Crippen LogP) is 0.847. The molecule has 1 heterocycles. The van der Waals surface area contributed by atoms with Crippen LogP contribution >= 0.6 is 0 Å². The van der Waals surface area contributed by atoms with Crippen LogP contribution < -0.4 is 5.73 Å². The van der Waals surface area contributed by atoms with Crippen LogP contribution in [0.5, 0.6) is 0 Å². The van der Waals surface area contributed by atoms with E-state index >= 15 is 0 Å². The van der Waals surface area contributed by atoms with Crippen molar-refractivity contribution in [3.63, 3.8) is 0 Å². The summed E-state index contributed by atoms with van der Waals surface area (Å²) in [7, 11) is 0. The third-order valence-corrected chi connectivity index (χ3v) is 3.49. The summed E-state index contributed by atoms with van der Waals surface area (Å²) >= 11 is 0. The molecule has 1 aliphatic rings. The highest BCUT2D eigenvalue weighted by atomic mass is 19.1. The summed E-state index contributed by atoms with van der Waals surface area (Å²) in [5.41, 5.74) is 5.96. The van der Waals surface area contributed by atoms with E-state index in [4.69, 9.17) is 5.73 Å². The van der Waals surface area contributed by atoms with E-state index in [1.165, 1.54) is 18.2 Å². The highest BCUT2D eigenvalue weighted by molar-refractivity contribution is 5.94. The predicted molar refractivity (Wildman–Crippen MR) is 77.1 cm³/mol. The molecule has 0 bridgehead atoms. The van der Waals surface area contributed by atoms with Crippen molar-refractivity contribution in [3.05, 3.63) is 35.6 Å². The van der Waals surface area contributed by atoms with Gasteiger partial charge >= 0.3 is 0 Å². The molecule has 1 fully saturated rings. The summed E-state index contributed by atoms with van der Waals surface area (Å²) in [5.74, 6) is -0.608. The number of benzene rings is 1. The SMILES string of the molecule is CC(N)CC(=O)N1CCN(C(=O)c2cccc(F)c2)CC1. The number of halogens is 1. The number of rotatable bonds is 3. The zero-order valence-electron chi connectivity index (χ0n) is 12.1. The summed E-state index contributed by atoms with van der Waals surface area (Å²) in [6, 6.07) is 5.49. The molecule has 2 N–H and O–H groups in total. The molecule has 2 rings (SSSR count). The Hall–Kier alpha value is -1.95. The first kappa shape index (κ1) is 15.4. The van der Waals surface area contributed by atoms with Crippen LogP contribution in [0.2, 0.25) is 0 Å². The van der Waals surface area contributed by atoms with Crippen molar-refractivity contribution in [1.82, 2.24) is 9.80 Å². The van der Waals surface area contributed by atoms with Gasteiger partial charge in [0.1, 0.15) is 5.82 Å². The fourth-order valence-corrected chi connectivity index (χ4v) is 2.37. The van der Waals surface area contributed by atoms with Crippen LogP contribution in [0.1, 0.15) is 23.7 Å². The van der Waals surface area contributed by atoms with E-state index in [0.717, 1.165) is 0 Å². The second-order valence-electron chi connectivity index (χ2n) is 5.36. The maximum absolute atomic E-state index is 13.1. The Bertz CT molecular complexity index is 525. The molecule has 6 heteroatoms. The smallest absolute Gasteiger partial charge is 0.254 e. The van der Waals surface area contributed by atoms with Gasteiger partial charge in [0.2, 0.25) is 5.91 Å². The lowest BCUT2D eigenvalue weighted by Crippen LogP contribution is -2.51. The zero-order chi connectivity index (χ0) is 15.4. The highest BCUT2D eigenvalue weighted by Gasteiger charge is 2.25. The summed E-state index contributed by atoms with van der Waals surface area (Å²) in [6.07, 6.45) is 0.317. The molecule has 1 unspecified atom stereocenters. The third-order valence-electron chi connectivity index (χ3n) is 3.49. The quantitative estimate of drug-likeness (QED) is 0.898. The van der Waals surface area contributed by atoms with E-state index in [9.17, 15) is 14.0 Å². The van der Waals surface area contributed by atoms with Gasteiger partial charge in [0, 0.05) is 44.2 Å². The Morgan fingerprint density at radius 1 is 1.24 bits per heavy atom. The first-order valence-corrected chi connectivity index (χ1v) is 7.05. The molecule has 1 aliphatic heterocycles. The number of hydrogen-bond donors (Lipinski definition) is 1. The molecule has 0 spiro atoms. The topological polar surface area (TPSA) is 66.6 Å². The lowest BCUT2D eigenvalue weighted by atomic mass is 10.1. The van der Waals surface area contributed by atoms with Gasteiger partial charge in [-0.25, -0.2) is 4.39 Å². The molecule has 0 saturated carbocycles. The van der Waals surface area contributed by atoms with Gasteiger partial charge in [-0.1, -0.05) is 6.07 Å². The number of carbonyl (C=O) groups is 2. The molecule has 1 aromatic rings. The standard InChI is InChI=1S/C15H20FN3O2/c1-11(17)9-14(20)18-5-7-19(8-6-18)15(21)12-3-2-4-13(16)10-12/h2-4,10-11H,5-9,17H2,1H3. The van der Waals surface area contributed by atoms with Crippen molar-refractivity contribution in [2.24, 2.45) is 5.73 Å². The Balaban J connectivity index is 1.92. The van der Waals surface area contributed by atoms with Crippen molar-refractivity contribution in [3.8, 4) is 0 Å². The number of nitrogens with two attached hydrogens (primary N) is 1. The number of amides is 2. The minimum Gasteiger partial charge on any atom is -0.339 e. The number of carbonyl (C=O) groups excluding carboxylic acids is 2. The molecule has 2 amide bonds. The largest absolute Gasteiger partial charge is 0.339 e. The van der Waals surface area contributed by atoms with E-state index in [0.29, 0.717) is 38.2 Å². The second kappa shape index (κ2) is 6.67. The minimum absolute atomic E-state index is 0.0165. The van der Waals surface area contributed by atoms with Crippen molar-refractivity contribution in [2.75, 3.05) is 26.2 Å². The van der Waals surface area contributed by atoms with Gasteiger partial charge in [0.15, 0.2) is 0 Å². The Kier molecular flexibility index (Phi) is 4.90. The Morgan fingerprint density at radius 3 is 2.43 bits per heavy atom. The van der Waals surface area contributed by atoms with Crippen LogP contribution in [-0.2, 0) is 4.79 Å². The second-order valence-corrected chi connectivity index (χ2v) is 5.36. The van der Waals surface area contributed by atoms with Crippen molar-refractivity contribution in [2.45, 2.75) is 19.4 Å². The maximum atomic E-state index is 13.1. The van der Waals surface area contributed by atoms with E-state index < -0.39 is 5.82 Å². The van der Waals surface area contributed by atoms with E-state index in [1.54, 1.807) is 22.8 Å². The van der Waals surface area contributed by atoms with Gasteiger partial charge in [-0.15, -0.1) is 0 Å². The molecule has 1 atom stereocenters. The summed E-state index contributed by atoms with van der Waals surface area (Å²) < 4.78 is 13.1. The van der Waals surface area contributed by atoms with Gasteiger partial charge in [0.25, 0.3) is 5.91 Å². The van der Waals surface area contributed by atoms with Gasteiger partial charge in [-0.2, -0.15) is 0 Å². The van der Waals surface area contributed by atoms with Crippen LogP contribution in [0.15, 0.2) is 24.3 Å². The van der Waals surface area contributed by atoms with E-state index in [2.05, 4.69) is 0 Å². The van der Waals surface area contributed by atoms with Crippen LogP contribution in [0.3, 0.4) is 0 Å². The summed E-state index contributed by atoms with van der Waals surface area (Å²) in [6.45, 7) is 3.70. The normalized spacial score (nSPS) is 16.7. The summed E-state index contributed by atoms with van der Waals surface area (Å²) in [5, 5.41) is 0. The molecule has 21 heavy (non-hydrogen) atoms. The van der Waals surface area contributed by atoms with Crippen LogP contribution in [-0.4, -0.2) is 53.8 Å². The molecule has 114 valence electrons. The van der Waals surface area contributed by atoms with Crippen molar-refractivity contribution >= 4 is 11.8 Å². The minimum atomic E-state index is -0.424. The molecule has 0 aromatic heterocycles. The van der Waals surface area contributed by atoms with Gasteiger partial charge in [0.05, 0.1) is 0 Å². The lowest BCUT2D eigenvalue weighted by molar-refractivity contribution is -0.132. The van der Waals surface area contributed by atoms with E-state index in [1.807, 2.05) is 0 Å². The maximum Gasteiger partial charge on any atom is 0.254 e. The van der Waals surface area contributed by atoms with Crippen molar-refractivity contribution < 1.29 is 14.0 Å². The first-order chi connectivity index (χ1) is 9.97. The fourth-order valence-electron chi connectivity index (χ4n) is 2.37. The number of nitrogens with zero attached hydrogens (tertiary/aromatic N) is 2. The molecule has 0 radical (unpaired) electrons. The molecule has 5 nitrogen and oxygen atoms in total. The van der Waals surface area contributed by atoms with E-state index in [-0.39, 0.29) is 17.9 Å². The highest BCUT2D eigenvalue weighted by Crippen LogP contribution is 2.11. The average molecular weight is 293 g/mol. The molecule has 1 saturated heterocycles. The van der Waals surface area contributed by atoms with Crippen LogP contribution in [0.4, 0.5) is 4.39 Å². The molecule has 0 aliphatic carbocycles. The first-order valence-electron chi connectivity index (χ1n) is 7.05.